The van der Waals surface area contributed by atoms with Crippen LogP contribution >= 0.6 is 0 Å². The average molecular weight is 362 g/mol. The summed E-state index contributed by atoms with van der Waals surface area (Å²) in [5, 5.41) is 2.84. The first-order valence-corrected chi connectivity index (χ1v) is 8.70. The van der Waals surface area contributed by atoms with Gasteiger partial charge in [0.15, 0.2) is 0 Å². The van der Waals surface area contributed by atoms with Crippen LogP contribution in [0.3, 0.4) is 0 Å². The van der Waals surface area contributed by atoms with E-state index >= 15 is 0 Å². The van der Waals surface area contributed by atoms with Crippen LogP contribution in [0.15, 0.2) is 34.7 Å². The fourth-order valence-corrected chi connectivity index (χ4v) is 3.27. The van der Waals surface area contributed by atoms with Crippen molar-refractivity contribution in [3.63, 3.8) is 0 Å². The molecule has 0 radical (unpaired) electrons. The van der Waals surface area contributed by atoms with Crippen molar-refractivity contribution in [3.8, 4) is 0 Å². The van der Waals surface area contributed by atoms with Gasteiger partial charge in [0.1, 0.15) is 17.4 Å². The summed E-state index contributed by atoms with van der Waals surface area (Å²) in [6.07, 6.45) is -1.12. The predicted octanol–water partition coefficient (Wildman–Crippen LogP) is 4.21. The molecule has 1 aromatic carbocycles. The zero-order valence-electron chi connectivity index (χ0n) is 13.1. The molecule has 1 unspecified atom stereocenters. The van der Waals surface area contributed by atoms with E-state index in [1.54, 1.807) is 6.08 Å². The number of alkyl halides is 3. The van der Waals surface area contributed by atoms with E-state index < -0.39 is 28.5 Å². The third-order valence-corrected chi connectivity index (χ3v) is 4.94. The van der Waals surface area contributed by atoms with Crippen molar-refractivity contribution in [2.75, 3.05) is 17.6 Å². The molecule has 3 nitrogen and oxygen atoms in total. The SMILES string of the molecule is C=CCN=C(Nc1cc(S(=O)CC(F)(F)F)c(C)cc1F)C1CC1. The Balaban J connectivity index is 2.28. The molecule has 1 fully saturated rings. The zero-order valence-corrected chi connectivity index (χ0v) is 13.9. The minimum Gasteiger partial charge on any atom is -0.341 e. The van der Waals surface area contributed by atoms with E-state index in [-0.39, 0.29) is 22.1 Å². The zero-order chi connectivity index (χ0) is 17.9. The lowest BCUT2D eigenvalue weighted by molar-refractivity contribution is -0.105. The maximum atomic E-state index is 14.1. The molecule has 2 rings (SSSR count). The average Bonchev–Trinajstić information content (AvgIpc) is 3.28. The number of nitrogens with one attached hydrogen (secondary N) is 1. The van der Waals surface area contributed by atoms with Crippen LogP contribution in [0.5, 0.6) is 0 Å². The Morgan fingerprint density at radius 2 is 2.12 bits per heavy atom. The monoisotopic (exact) mass is 362 g/mol. The number of nitrogens with zero attached hydrogens (tertiary/aromatic N) is 1. The molecule has 1 aromatic rings. The summed E-state index contributed by atoms with van der Waals surface area (Å²) in [5.41, 5.74) is 0.206. The van der Waals surface area contributed by atoms with Crippen LogP contribution in [0.1, 0.15) is 18.4 Å². The summed E-state index contributed by atoms with van der Waals surface area (Å²) in [6, 6.07) is 2.27. The number of rotatable bonds is 6. The number of hydrogen-bond donors (Lipinski definition) is 1. The largest absolute Gasteiger partial charge is 0.400 e. The molecule has 1 aliphatic rings. The van der Waals surface area contributed by atoms with Crippen LogP contribution in [0, 0.1) is 18.7 Å². The van der Waals surface area contributed by atoms with E-state index in [9.17, 15) is 21.8 Å². The summed E-state index contributed by atoms with van der Waals surface area (Å²) >= 11 is 0. The minimum atomic E-state index is -4.55. The fraction of sp³-hybridized carbons (Fsp3) is 0.438. The van der Waals surface area contributed by atoms with Crippen molar-refractivity contribution in [2.45, 2.75) is 30.8 Å². The van der Waals surface area contributed by atoms with Crippen molar-refractivity contribution in [2.24, 2.45) is 10.9 Å². The lowest BCUT2D eigenvalue weighted by Gasteiger charge is -2.14. The third kappa shape index (κ3) is 5.15. The second-order valence-electron chi connectivity index (χ2n) is 5.62. The van der Waals surface area contributed by atoms with Gasteiger partial charge in [-0.05, 0) is 37.5 Å². The molecule has 0 heterocycles. The number of benzene rings is 1. The highest BCUT2D eigenvalue weighted by Crippen LogP contribution is 2.33. The first-order valence-electron chi connectivity index (χ1n) is 7.39. The number of amidine groups is 1. The van der Waals surface area contributed by atoms with E-state index in [1.807, 2.05) is 0 Å². The second-order valence-corrected chi connectivity index (χ2v) is 7.04. The molecule has 0 amide bonds. The summed E-state index contributed by atoms with van der Waals surface area (Å²) in [7, 11) is -2.29. The Morgan fingerprint density at radius 1 is 1.46 bits per heavy atom. The number of halogens is 4. The molecule has 132 valence electrons. The lowest BCUT2D eigenvalue weighted by Crippen LogP contribution is -2.20. The molecule has 8 heteroatoms. The van der Waals surface area contributed by atoms with E-state index in [1.165, 1.54) is 13.0 Å². The topological polar surface area (TPSA) is 41.5 Å². The van der Waals surface area contributed by atoms with Gasteiger partial charge in [-0.25, -0.2) is 4.39 Å². The van der Waals surface area contributed by atoms with Crippen molar-refractivity contribution in [3.05, 3.63) is 36.2 Å². The van der Waals surface area contributed by atoms with Gasteiger partial charge in [-0.1, -0.05) is 6.08 Å². The normalized spacial score (nSPS) is 16.8. The van der Waals surface area contributed by atoms with E-state index in [0.29, 0.717) is 12.4 Å². The molecular weight excluding hydrogens is 344 g/mol. The number of aliphatic imine (C=N–C) groups is 1. The van der Waals surface area contributed by atoms with Crippen molar-refractivity contribution < 1.29 is 21.8 Å². The molecule has 1 atom stereocenters. The van der Waals surface area contributed by atoms with Crippen LogP contribution in [0.25, 0.3) is 0 Å². The Hall–Kier alpha value is -1.70. The minimum absolute atomic E-state index is 0.0131. The Kier molecular flexibility index (Phi) is 5.79. The van der Waals surface area contributed by atoms with E-state index in [2.05, 4.69) is 16.9 Å². The van der Waals surface area contributed by atoms with Gasteiger partial charge in [0, 0.05) is 10.8 Å². The highest BCUT2D eigenvalue weighted by molar-refractivity contribution is 7.85. The van der Waals surface area contributed by atoms with Gasteiger partial charge in [-0.2, -0.15) is 13.2 Å². The Labute approximate surface area is 140 Å². The van der Waals surface area contributed by atoms with Gasteiger partial charge in [-0.3, -0.25) is 9.20 Å². The second kappa shape index (κ2) is 7.46. The van der Waals surface area contributed by atoms with Crippen LogP contribution in [-0.4, -0.2) is 28.5 Å². The molecule has 24 heavy (non-hydrogen) atoms. The molecule has 0 spiro atoms. The molecule has 0 aromatic heterocycles. The maximum Gasteiger partial charge on any atom is 0.400 e. The van der Waals surface area contributed by atoms with Crippen LogP contribution in [-0.2, 0) is 10.8 Å². The highest BCUT2D eigenvalue weighted by Gasteiger charge is 2.32. The van der Waals surface area contributed by atoms with Crippen molar-refractivity contribution in [1.29, 1.82) is 0 Å². The van der Waals surface area contributed by atoms with E-state index in [4.69, 9.17) is 0 Å². The lowest BCUT2D eigenvalue weighted by atomic mass is 10.2. The van der Waals surface area contributed by atoms with Gasteiger partial charge in [-0.15, -0.1) is 6.58 Å². The smallest absolute Gasteiger partial charge is 0.341 e. The summed E-state index contributed by atoms with van der Waals surface area (Å²) < 4.78 is 63.5. The molecular formula is C16H18F4N2OS. The predicted molar refractivity (Wildman–Crippen MR) is 87.3 cm³/mol. The Morgan fingerprint density at radius 3 is 2.67 bits per heavy atom. The molecule has 0 aliphatic heterocycles. The maximum absolute atomic E-state index is 14.1. The fourth-order valence-electron chi connectivity index (χ4n) is 2.15. The van der Waals surface area contributed by atoms with Crippen LogP contribution in [0.4, 0.5) is 23.2 Å². The molecule has 1 N–H and O–H groups in total. The van der Waals surface area contributed by atoms with Gasteiger partial charge in [0.05, 0.1) is 23.0 Å². The standard InChI is InChI=1S/C16H18F4N2OS/c1-3-6-21-15(11-4-5-11)22-13-8-14(10(2)7-12(13)17)24(23)9-16(18,19)20/h3,7-8,11H,1,4-6,9H2,2H3,(H,21,22). The number of aryl methyl sites for hydroxylation is 1. The van der Waals surface area contributed by atoms with Gasteiger partial charge < -0.3 is 5.32 Å². The van der Waals surface area contributed by atoms with Gasteiger partial charge >= 0.3 is 6.18 Å². The molecule has 0 bridgehead atoms. The quantitative estimate of drug-likeness (QED) is 0.356. The Bertz CT molecular complexity index is 681. The summed E-state index contributed by atoms with van der Waals surface area (Å²) in [6.45, 7) is 5.36. The van der Waals surface area contributed by atoms with E-state index in [0.717, 1.165) is 18.9 Å². The molecule has 0 saturated heterocycles. The molecule has 1 aliphatic carbocycles. The van der Waals surface area contributed by atoms with Gasteiger partial charge in [0.2, 0.25) is 0 Å². The van der Waals surface area contributed by atoms with Crippen LogP contribution < -0.4 is 5.32 Å². The summed E-state index contributed by atoms with van der Waals surface area (Å²) in [4.78, 5) is 4.23. The third-order valence-electron chi connectivity index (χ3n) is 3.42. The van der Waals surface area contributed by atoms with Crippen molar-refractivity contribution in [1.82, 2.24) is 0 Å². The molecule has 1 saturated carbocycles. The highest BCUT2D eigenvalue weighted by atomic mass is 32.2. The first-order chi connectivity index (χ1) is 11.2. The van der Waals surface area contributed by atoms with Crippen LogP contribution in [0.2, 0.25) is 0 Å². The van der Waals surface area contributed by atoms with Gasteiger partial charge in [0.25, 0.3) is 0 Å². The number of hydrogen-bond acceptors (Lipinski definition) is 2. The summed E-state index contributed by atoms with van der Waals surface area (Å²) in [5.74, 6) is -1.31. The van der Waals surface area contributed by atoms with Crippen molar-refractivity contribution >= 4 is 22.3 Å². The number of anilines is 1. The first kappa shape index (κ1) is 18.6.